The Labute approximate surface area is 69.0 Å². The number of hydrogen-bond acceptors (Lipinski definition) is 0. The molecule has 1 aromatic rings. The Morgan fingerprint density at radius 2 is 2.00 bits per heavy atom. The minimum absolute atomic E-state index is 0.362. The second-order valence-corrected chi connectivity index (χ2v) is 2.24. The fraction of sp³-hybridized carbons (Fsp3) is 0.111. The molecule has 0 N–H and O–H groups in total. The van der Waals surface area contributed by atoms with Gasteiger partial charge < -0.3 is 0 Å². The summed E-state index contributed by atoms with van der Waals surface area (Å²) in [5, 5.41) is 10.0. The van der Waals surface area contributed by atoms with E-state index < -0.39 is 11.6 Å². The summed E-state index contributed by atoms with van der Waals surface area (Å²) >= 11 is 0. The van der Waals surface area contributed by atoms with Gasteiger partial charge in [0.25, 0.3) is 0 Å². The fourth-order valence-electron chi connectivity index (χ4n) is 0.800. The van der Waals surface area contributed by atoms with Crippen molar-refractivity contribution in [1.82, 2.24) is 0 Å². The Hall–Kier alpha value is -1.22. The van der Waals surface area contributed by atoms with Crippen LogP contribution in [-0.4, -0.2) is 6.61 Å². The van der Waals surface area contributed by atoms with Gasteiger partial charge in [-0.1, -0.05) is 18.2 Å². The van der Waals surface area contributed by atoms with Crippen LogP contribution < -0.4 is 0 Å². The predicted molar refractivity (Wildman–Crippen MR) is 40.9 cm³/mol. The van der Waals surface area contributed by atoms with Gasteiger partial charge in [0.15, 0.2) is 11.6 Å². The van der Waals surface area contributed by atoms with Gasteiger partial charge in [-0.2, -0.15) is 0 Å². The van der Waals surface area contributed by atoms with Crippen LogP contribution in [-0.2, 0) is 5.11 Å². The van der Waals surface area contributed by atoms with Crippen molar-refractivity contribution in [2.24, 2.45) is 0 Å². The van der Waals surface area contributed by atoms with Gasteiger partial charge in [-0.25, -0.2) is 13.9 Å². The first-order valence-electron chi connectivity index (χ1n) is 3.43. The van der Waals surface area contributed by atoms with E-state index in [2.05, 4.69) is 0 Å². The summed E-state index contributed by atoms with van der Waals surface area (Å²) < 4.78 is 24.9. The molecule has 0 atom stereocenters. The van der Waals surface area contributed by atoms with Crippen LogP contribution in [0.2, 0.25) is 0 Å². The SMILES string of the molecule is [O]C/C=C/c1ccc(F)c(F)c1. The molecule has 0 unspecified atom stereocenters. The summed E-state index contributed by atoms with van der Waals surface area (Å²) in [6, 6.07) is 3.48. The molecule has 3 heteroatoms. The smallest absolute Gasteiger partial charge is 0.159 e. The molecule has 0 bridgehead atoms. The van der Waals surface area contributed by atoms with E-state index in [-0.39, 0.29) is 6.61 Å². The molecule has 0 fully saturated rings. The average Bonchev–Trinajstić information content (AvgIpc) is 2.07. The molecule has 1 radical (unpaired) electrons. The predicted octanol–water partition coefficient (Wildman–Crippen LogP) is 2.41. The Morgan fingerprint density at radius 3 is 2.58 bits per heavy atom. The molecule has 0 spiro atoms. The van der Waals surface area contributed by atoms with Gasteiger partial charge in [0.05, 0.1) is 0 Å². The van der Waals surface area contributed by atoms with E-state index in [4.69, 9.17) is 0 Å². The van der Waals surface area contributed by atoms with Crippen LogP contribution in [0.5, 0.6) is 0 Å². The normalized spacial score (nSPS) is 10.9. The van der Waals surface area contributed by atoms with Crippen LogP contribution in [0.3, 0.4) is 0 Å². The van der Waals surface area contributed by atoms with E-state index in [0.717, 1.165) is 12.1 Å². The first kappa shape index (κ1) is 8.87. The van der Waals surface area contributed by atoms with Crippen LogP contribution in [0, 0.1) is 11.6 Å². The molecular weight excluding hydrogens is 162 g/mol. The molecule has 0 aliphatic carbocycles. The van der Waals surface area contributed by atoms with Crippen molar-refractivity contribution < 1.29 is 13.9 Å². The number of halogens is 2. The zero-order chi connectivity index (χ0) is 8.97. The Morgan fingerprint density at radius 1 is 1.25 bits per heavy atom. The summed E-state index contributed by atoms with van der Waals surface area (Å²) in [4.78, 5) is 0. The summed E-state index contributed by atoms with van der Waals surface area (Å²) in [5.41, 5.74) is 0.491. The third kappa shape index (κ3) is 2.13. The highest BCUT2D eigenvalue weighted by Gasteiger charge is 1.99. The Kier molecular flexibility index (Phi) is 2.94. The van der Waals surface area contributed by atoms with E-state index in [1.54, 1.807) is 0 Å². The van der Waals surface area contributed by atoms with Crippen LogP contribution in [0.4, 0.5) is 8.78 Å². The molecular formula is C9H7F2O. The van der Waals surface area contributed by atoms with Crippen LogP contribution in [0.15, 0.2) is 24.3 Å². The van der Waals surface area contributed by atoms with Crippen molar-refractivity contribution in [1.29, 1.82) is 0 Å². The van der Waals surface area contributed by atoms with Crippen LogP contribution in [0.25, 0.3) is 6.08 Å². The van der Waals surface area contributed by atoms with Gasteiger partial charge in [-0.05, 0) is 17.7 Å². The van der Waals surface area contributed by atoms with Crippen molar-refractivity contribution >= 4 is 6.08 Å². The molecule has 0 saturated heterocycles. The lowest BCUT2D eigenvalue weighted by atomic mass is 10.2. The lowest BCUT2D eigenvalue weighted by molar-refractivity contribution is 0.233. The molecule has 0 heterocycles. The molecule has 1 rings (SSSR count). The summed E-state index contributed by atoms with van der Waals surface area (Å²) in [5.74, 6) is -1.78. The minimum atomic E-state index is -0.900. The molecule has 1 aromatic carbocycles. The largest absolute Gasteiger partial charge is 0.232 e. The zero-order valence-electron chi connectivity index (χ0n) is 6.26. The average molecular weight is 169 g/mol. The molecule has 0 saturated carbocycles. The van der Waals surface area contributed by atoms with Gasteiger partial charge in [0.1, 0.15) is 6.61 Å². The Balaban J connectivity index is 2.89. The van der Waals surface area contributed by atoms with E-state index in [1.165, 1.54) is 18.2 Å². The molecule has 0 aromatic heterocycles. The Bertz CT molecular complexity index is 295. The maximum atomic E-state index is 12.5. The van der Waals surface area contributed by atoms with Gasteiger partial charge in [-0.15, -0.1) is 0 Å². The van der Waals surface area contributed by atoms with E-state index in [9.17, 15) is 13.9 Å². The van der Waals surface area contributed by atoms with Gasteiger partial charge in [0, 0.05) is 0 Å². The van der Waals surface area contributed by atoms with Crippen molar-refractivity contribution in [2.45, 2.75) is 0 Å². The fourth-order valence-corrected chi connectivity index (χ4v) is 0.800. The third-order valence-electron chi connectivity index (χ3n) is 1.35. The summed E-state index contributed by atoms with van der Waals surface area (Å²) in [7, 11) is 0. The van der Waals surface area contributed by atoms with Gasteiger partial charge in [-0.3, -0.25) is 0 Å². The lowest BCUT2D eigenvalue weighted by Gasteiger charge is -1.94. The first-order chi connectivity index (χ1) is 5.74. The quantitative estimate of drug-likeness (QED) is 0.647. The molecule has 0 amide bonds. The highest BCUT2D eigenvalue weighted by Crippen LogP contribution is 2.09. The van der Waals surface area contributed by atoms with Crippen molar-refractivity contribution in [2.75, 3.05) is 6.61 Å². The van der Waals surface area contributed by atoms with Crippen molar-refractivity contribution in [3.05, 3.63) is 41.5 Å². The second-order valence-electron chi connectivity index (χ2n) is 2.24. The topological polar surface area (TPSA) is 19.9 Å². The molecule has 0 aliphatic rings. The molecule has 63 valence electrons. The first-order valence-corrected chi connectivity index (χ1v) is 3.43. The number of hydrogen-bond donors (Lipinski definition) is 0. The maximum absolute atomic E-state index is 12.5. The maximum Gasteiger partial charge on any atom is 0.159 e. The molecule has 1 nitrogen and oxygen atoms in total. The third-order valence-corrected chi connectivity index (χ3v) is 1.35. The van der Waals surface area contributed by atoms with Crippen LogP contribution >= 0.6 is 0 Å². The van der Waals surface area contributed by atoms with Crippen molar-refractivity contribution in [3.8, 4) is 0 Å². The monoisotopic (exact) mass is 169 g/mol. The number of benzene rings is 1. The second kappa shape index (κ2) is 3.97. The lowest BCUT2D eigenvalue weighted by Crippen LogP contribution is -1.83. The van der Waals surface area contributed by atoms with Crippen LogP contribution in [0.1, 0.15) is 5.56 Å². The van der Waals surface area contributed by atoms with Crippen molar-refractivity contribution in [3.63, 3.8) is 0 Å². The van der Waals surface area contributed by atoms with Gasteiger partial charge in [0.2, 0.25) is 0 Å². The highest BCUT2D eigenvalue weighted by atomic mass is 19.2. The molecule has 0 aliphatic heterocycles. The standard InChI is InChI=1S/C9H7F2O/c10-8-4-3-7(2-1-5-12)6-9(8)11/h1-4,6H,5H2/b2-1+. The highest BCUT2D eigenvalue weighted by molar-refractivity contribution is 5.49. The van der Waals surface area contributed by atoms with Gasteiger partial charge >= 0.3 is 0 Å². The number of rotatable bonds is 2. The van der Waals surface area contributed by atoms with E-state index >= 15 is 0 Å². The zero-order valence-corrected chi connectivity index (χ0v) is 6.26. The summed E-state index contributed by atoms with van der Waals surface area (Å²) in [6.07, 6.45) is 2.79. The molecule has 12 heavy (non-hydrogen) atoms. The van der Waals surface area contributed by atoms with E-state index in [0.29, 0.717) is 5.56 Å². The summed E-state index contributed by atoms with van der Waals surface area (Å²) in [6.45, 7) is -0.362. The van der Waals surface area contributed by atoms with E-state index in [1.807, 2.05) is 0 Å². The minimum Gasteiger partial charge on any atom is -0.232 e.